The predicted molar refractivity (Wildman–Crippen MR) is 90.1 cm³/mol. The lowest BCUT2D eigenvalue weighted by Gasteiger charge is -2.19. The van der Waals surface area contributed by atoms with Crippen LogP contribution in [0, 0.1) is 11.3 Å². The standard InChI is InChI=1S/C20H23NO/c1-20(2,3)18-9-11-19(12-10-18)22-14-13-17(15-21)16-7-5-4-6-8-16/h4-12,17H,13-14H2,1-3H3. The van der Waals surface area contributed by atoms with Gasteiger partial charge in [-0.1, -0.05) is 63.2 Å². The first kappa shape index (κ1) is 16.1. The van der Waals surface area contributed by atoms with E-state index in [1.54, 1.807) is 0 Å². The smallest absolute Gasteiger partial charge is 0.119 e. The fourth-order valence-corrected chi connectivity index (χ4v) is 2.34. The van der Waals surface area contributed by atoms with Crippen molar-refractivity contribution in [3.8, 4) is 11.8 Å². The Hall–Kier alpha value is -2.27. The average molecular weight is 293 g/mol. The molecular formula is C20H23NO. The van der Waals surface area contributed by atoms with E-state index < -0.39 is 0 Å². The molecule has 0 aromatic heterocycles. The van der Waals surface area contributed by atoms with Gasteiger partial charge in [0.25, 0.3) is 0 Å². The van der Waals surface area contributed by atoms with Crippen LogP contribution in [0.2, 0.25) is 0 Å². The van der Waals surface area contributed by atoms with E-state index in [-0.39, 0.29) is 11.3 Å². The first-order valence-electron chi connectivity index (χ1n) is 7.68. The van der Waals surface area contributed by atoms with Gasteiger partial charge in [-0.15, -0.1) is 0 Å². The van der Waals surface area contributed by atoms with Gasteiger partial charge in [0.1, 0.15) is 5.75 Å². The molecular weight excluding hydrogens is 270 g/mol. The fraction of sp³-hybridized carbons (Fsp3) is 0.350. The van der Waals surface area contributed by atoms with Gasteiger partial charge in [0.15, 0.2) is 0 Å². The van der Waals surface area contributed by atoms with Crippen molar-refractivity contribution in [2.45, 2.75) is 38.5 Å². The molecule has 1 unspecified atom stereocenters. The third-order valence-electron chi connectivity index (χ3n) is 3.75. The van der Waals surface area contributed by atoms with Crippen LogP contribution in [0.1, 0.15) is 44.2 Å². The van der Waals surface area contributed by atoms with Crippen LogP contribution in [0.5, 0.6) is 5.75 Å². The van der Waals surface area contributed by atoms with Crippen LogP contribution in [0.3, 0.4) is 0 Å². The second-order valence-electron chi connectivity index (χ2n) is 6.50. The number of nitrogens with zero attached hydrogens (tertiary/aromatic N) is 1. The lowest BCUT2D eigenvalue weighted by atomic mass is 9.87. The van der Waals surface area contributed by atoms with Crippen LogP contribution in [0.15, 0.2) is 54.6 Å². The summed E-state index contributed by atoms with van der Waals surface area (Å²) >= 11 is 0. The predicted octanol–water partition coefficient (Wildman–Crippen LogP) is 5.06. The first-order valence-corrected chi connectivity index (χ1v) is 7.68. The van der Waals surface area contributed by atoms with Gasteiger partial charge < -0.3 is 4.74 Å². The molecule has 2 rings (SSSR count). The largest absolute Gasteiger partial charge is 0.494 e. The summed E-state index contributed by atoms with van der Waals surface area (Å²) in [5.41, 5.74) is 2.49. The molecule has 0 fully saturated rings. The van der Waals surface area contributed by atoms with Crippen LogP contribution in [-0.2, 0) is 5.41 Å². The molecule has 0 aliphatic heterocycles. The number of benzene rings is 2. The highest BCUT2D eigenvalue weighted by Gasteiger charge is 2.13. The SMILES string of the molecule is CC(C)(C)c1ccc(OCCC(C#N)c2ccccc2)cc1. The van der Waals surface area contributed by atoms with E-state index in [1.165, 1.54) is 5.56 Å². The van der Waals surface area contributed by atoms with E-state index in [4.69, 9.17) is 4.74 Å². The molecule has 0 aliphatic carbocycles. The topological polar surface area (TPSA) is 33.0 Å². The number of hydrogen-bond donors (Lipinski definition) is 0. The second kappa shape index (κ2) is 7.13. The number of nitriles is 1. The average Bonchev–Trinajstić information content (AvgIpc) is 2.52. The highest BCUT2D eigenvalue weighted by Crippen LogP contribution is 2.25. The third-order valence-corrected chi connectivity index (χ3v) is 3.75. The molecule has 0 bridgehead atoms. The minimum absolute atomic E-state index is 0.116. The van der Waals surface area contributed by atoms with Crippen molar-refractivity contribution in [1.82, 2.24) is 0 Å². The zero-order chi connectivity index (χ0) is 16.0. The molecule has 0 aliphatic rings. The van der Waals surface area contributed by atoms with Crippen LogP contribution in [0.25, 0.3) is 0 Å². The Labute approximate surface area is 133 Å². The van der Waals surface area contributed by atoms with Crippen molar-refractivity contribution in [1.29, 1.82) is 5.26 Å². The van der Waals surface area contributed by atoms with Crippen molar-refractivity contribution in [3.05, 3.63) is 65.7 Å². The van der Waals surface area contributed by atoms with Crippen molar-refractivity contribution in [3.63, 3.8) is 0 Å². The third kappa shape index (κ3) is 4.36. The second-order valence-corrected chi connectivity index (χ2v) is 6.50. The summed E-state index contributed by atoms with van der Waals surface area (Å²) in [6.07, 6.45) is 0.696. The Morgan fingerprint density at radius 1 is 1.00 bits per heavy atom. The van der Waals surface area contributed by atoms with Crippen molar-refractivity contribution in [2.75, 3.05) is 6.61 Å². The van der Waals surface area contributed by atoms with Crippen molar-refractivity contribution < 1.29 is 4.74 Å². The van der Waals surface area contributed by atoms with Gasteiger partial charge in [-0.2, -0.15) is 5.26 Å². The maximum atomic E-state index is 9.30. The molecule has 0 saturated heterocycles. The molecule has 2 nitrogen and oxygen atoms in total. The molecule has 0 amide bonds. The fourth-order valence-electron chi connectivity index (χ4n) is 2.34. The van der Waals surface area contributed by atoms with Crippen LogP contribution in [0.4, 0.5) is 0 Å². The summed E-state index contributed by atoms with van der Waals surface area (Å²) in [6.45, 7) is 7.13. The molecule has 0 radical (unpaired) electrons. The Kier molecular flexibility index (Phi) is 5.22. The van der Waals surface area contributed by atoms with Gasteiger partial charge in [0.05, 0.1) is 18.6 Å². The summed E-state index contributed by atoms with van der Waals surface area (Å²) in [4.78, 5) is 0. The van der Waals surface area contributed by atoms with Crippen LogP contribution in [-0.4, -0.2) is 6.61 Å². The Balaban J connectivity index is 1.89. The molecule has 22 heavy (non-hydrogen) atoms. The van der Waals surface area contributed by atoms with Gasteiger partial charge in [-0.3, -0.25) is 0 Å². The van der Waals surface area contributed by atoms with Crippen molar-refractivity contribution >= 4 is 0 Å². The van der Waals surface area contributed by atoms with Gasteiger partial charge in [0.2, 0.25) is 0 Å². The van der Waals surface area contributed by atoms with Crippen molar-refractivity contribution in [2.24, 2.45) is 0 Å². The van der Waals surface area contributed by atoms with Crippen LogP contribution >= 0.6 is 0 Å². The molecule has 2 heteroatoms. The highest BCUT2D eigenvalue weighted by atomic mass is 16.5. The maximum absolute atomic E-state index is 9.30. The number of ether oxygens (including phenoxy) is 1. The zero-order valence-electron chi connectivity index (χ0n) is 13.5. The molecule has 2 aromatic rings. The summed E-state index contributed by atoms with van der Waals surface area (Å²) in [7, 11) is 0. The minimum atomic E-state index is -0.116. The quantitative estimate of drug-likeness (QED) is 0.772. The lowest BCUT2D eigenvalue weighted by molar-refractivity contribution is 0.305. The molecule has 0 spiro atoms. The Morgan fingerprint density at radius 3 is 2.18 bits per heavy atom. The minimum Gasteiger partial charge on any atom is -0.494 e. The van der Waals surface area contributed by atoms with Gasteiger partial charge in [0, 0.05) is 6.42 Å². The molecule has 0 saturated carbocycles. The van der Waals surface area contributed by atoms with E-state index >= 15 is 0 Å². The lowest BCUT2D eigenvalue weighted by Crippen LogP contribution is -2.10. The van der Waals surface area contributed by atoms with E-state index in [2.05, 4.69) is 39.0 Å². The van der Waals surface area contributed by atoms with E-state index in [0.717, 1.165) is 11.3 Å². The monoisotopic (exact) mass is 293 g/mol. The van der Waals surface area contributed by atoms with Gasteiger partial charge >= 0.3 is 0 Å². The highest BCUT2D eigenvalue weighted by molar-refractivity contribution is 5.31. The van der Waals surface area contributed by atoms with E-state index in [1.807, 2.05) is 42.5 Å². The first-order chi connectivity index (χ1) is 10.5. The Bertz CT molecular complexity index is 617. The van der Waals surface area contributed by atoms with E-state index in [0.29, 0.717) is 13.0 Å². The number of rotatable bonds is 5. The molecule has 0 N–H and O–H groups in total. The van der Waals surface area contributed by atoms with Crippen LogP contribution < -0.4 is 4.74 Å². The normalized spacial score (nSPS) is 12.5. The van der Waals surface area contributed by atoms with E-state index in [9.17, 15) is 5.26 Å². The summed E-state index contributed by atoms with van der Waals surface area (Å²) in [5.74, 6) is 0.743. The zero-order valence-corrected chi connectivity index (χ0v) is 13.5. The summed E-state index contributed by atoms with van der Waals surface area (Å²) < 4.78 is 5.78. The molecule has 0 heterocycles. The molecule has 2 aromatic carbocycles. The van der Waals surface area contributed by atoms with Gasteiger partial charge in [-0.25, -0.2) is 0 Å². The summed E-state index contributed by atoms with van der Waals surface area (Å²) in [6, 6.07) is 20.4. The van der Waals surface area contributed by atoms with Gasteiger partial charge in [-0.05, 0) is 28.7 Å². The Morgan fingerprint density at radius 2 is 1.64 bits per heavy atom. The summed E-state index contributed by atoms with van der Waals surface area (Å²) in [5, 5.41) is 9.30. The molecule has 114 valence electrons. The maximum Gasteiger partial charge on any atom is 0.119 e. The number of hydrogen-bond acceptors (Lipinski definition) is 2. The molecule has 1 atom stereocenters.